The first-order valence-electron chi connectivity index (χ1n) is 7.79. The maximum Gasteiger partial charge on any atom is 0.269 e. The summed E-state index contributed by atoms with van der Waals surface area (Å²) in [5, 5.41) is 13.8. The van der Waals surface area contributed by atoms with E-state index in [9.17, 15) is 4.79 Å². The molecule has 10 heteroatoms. The lowest BCUT2D eigenvalue weighted by molar-refractivity contribution is 0.103. The van der Waals surface area contributed by atoms with Crippen LogP contribution in [-0.4, -0.2) is 16.1 Å². The van der Waals surface area contributed by atoms with E-state index < -0.39 is 0 Å². The largest absolute Gasteiger partial charge is 0.486 e. The lowest BCUT2D eigenvalue weighted by atomic mass is 10.2. The molecule has 0 spiro atoms. The van der Waals surface area contributed by atoms with Crippen molar-refractivity contribution in [1.82, 2.24) is 10.2 Å². The summed E-state index contributed by atoms with van der Waals surface area (Å²) in [4.78, 5) is 13.0. The fourth-order valence-corrected chi connectivity index (χ4v) is 4.54. The van der Waals surface area contributed by atoms with Crippen LogP contribution in [0.4, 0.5) is 5.13 Å². The Kier molecular flexibility index (Phi) is 6.74. The molecular formula is C18H12Cl3N3O2S2. The van der Waals surface area contributed by atoms with Crippen molar-refractivity contribution in [2.24, 2.45) is 0 Å². The molecule has 1 amide bonds. The number of aromatic nitrogens is 2. The minimum Gasteiger partial charge on any atom is -0.486 e. The summed E-state index contributed by atoms with van der Waals surface area (Å²) in [6, 6.07) is 14.7. The highest BCUT2D eigenvalue weighted by Crippen LogP contribution is 2.35. The number of fused-ring (bicyclic) bond motifs is 1. The van der Waals surface area contributed by atoms with Gasteiger partial charge in [0.2, 0.25) is 5.13 Å². The van der Waals surface area contributed by atoms with E-state index in [-0.39, 0.29) is 24.9 Å². The number of benzene rings is 2. The van der Waals surface area contributed by atoms with Crippen LogP contribution in [0.5, 0.6) is 5.75 Å². The van der Waals surface area contributed by atoms with Gasteiger partial charge in [-0.2, -0.15) is 0 Å². The monoisotopic (exact) mass is 471 g/mol. The van der Waals surface area contributed by atoms with Crippen molar-refractivity contribution < 1.29 is 9.53 Å². The fourth-order valence-electron chi connectivity index (χ4n) is 2.35. The van der Waals surface area contributed by atoms with E-state index in [2.05, 4.69) is 15.5 Å². The normalized spacial score (nSPS) is 10.5. The van der Waals surface area contributed by atoms with Crippen LogP contribution in [0.15, 0.2) is 48.5 Å². The lowest BCUT2D eigenvalue weighted by Gasteiger charge is -2.02. The third-order valence-corrected chi connectivity index (χ3v) is 6.34. The summed E-state index contributed by atoms with van der Waals surface area (Å²) in [6.07, 6.45) is 0. The topological polar surface area (TPSA) is 64.1 Å². The van der Waals surface area contributed by atoms with Crippen molar-refractivity contribution in [1.29, 1.82) is 0 Å². The Morgan fingerprint density at radius 3 is 2.54 bits per heavy atom. The molecule has 0 unspecified atom stereocenters. The number of rotatable bonds is 5. The SMILES string of the molecule is Cl.O=C(Nc1nnc(COc2ccc(Cl)cc2)s1)c1sc2ccccc2c1Cl. The van der Waals surface area contributed by atoms with Gasteiger partial charge in [0.15, 0.2) is 5.01 Å². The number of thiophene rings is 1. The van der Waals surface area contributed by atoms with Gasteiger partial charge in [-0.25, -0.2) is 0 Å². The second kappa shape index (κ2) is 9.07. The molecule has 2 aromatic carbocycles. The first-order chi connectivity index (χ1) is 13.1. The molecule has 28 heavy (non-hydrogen) atoms. The van der Waals surface area contributed by atoms with Crippen LogP contribution in [0.3, 0.4) is 0 Å². The molecule has 0 aliphatic rings. The average Bonchev–Trinajstić information content (AvgIpc) is 3.26. The average molecular weight is 473 g/mol. The summed E-state index contributed by atoms with van der Waals surface area (Å²) in [5.41, 5.74) is 0. The summed E-state index contributed by atoms with van der Waals surface area (Å²) >= 11 is 14.8. The number of carbonyl (C=O) groups is 1. The Hall–Kier alpha value is -1.90. The molecule has 0 radical (unpaired) electrons. The molecule has 2 heterocycles. The molecule has 4 aromatic rings. The summed E-state index contributed by atoms with van der Waals surface area (Å²) in [5.74, 6) is 0.375. The van der Waals surface area contributed by atoms with Gasteiger partial charge in [-0.05, 0) is 30.3 Å². The quantitative estimate of drug-likeness (QED) is 0.369. The molecule has 0 aliphatic heterocycles. The number of carbonyl (C=O) groups excluding carboxylic acids is 1. The number of nitrogens with one attached hydrogen (secondary N) is 1. The number of anilines is 1. The van der Waals surface area contributed by atoms with Gasteiger partial charge < -0.3 is 4.74 Å². The van der Waals surface area contributed by atoms with E-state index >= 15 is 0 Å². The standard InChI is InChI=1S/C18H11Cl2N3O2S2.ClH/c19-10-5-7-11(8-6-10)25-9-14-22-23-18(27-14)21-17(24)16-15(20)12-3-1-2-4-13(12)26-16;/h1-8H,9H2,(H,21,23,24);1H. The molecule has 0 aliphatic carbocycles. The Morgan fingerprint density at radius 1 is 1.04 bits per heavy atom. The summed E-state index contributed by atoms with van der Waals surface area (Å²) < 4.78 is 6.59. The highest BCUT2D eigenvalue weighted by atomic mass is 35.5. The molecule has 0 saturated carbocycles. The van der Waals surface area contributed by atoms with Crippen molar-refractivity contribution >= 4 is 79.4 Å². The van der Waals surface area contributed by atoms with Gasteiger partial charge in [-0.15, -0.1) is 33.9 Å². The van der Waals surface area contributed by atoms with E-state index in [1.165, 1.54) is 22.7 Å². The Balaban J connectivity index is 0.00000225. The molecule has 5 nitrogen and oxygen atoms in total. The molecule has 0 fully saturated rings. The van der Waals surface area contributed by atoms with Gasteiger partial charge in [-0.3, -0.25) is 10.1 Å². The van der Waals surface area contributed by atoms with Crippen molar-refractivity contribution in [3.05, 3.63) is 68.5 Å². The Labute approximate surface area is 184 Å². The van der Waals surface area contributed by atoms with Gasteiger partial charge in [0.1, 0.15) is 17.2 Å². The number of nitrogens with zero attached hydrogens (tertiary/aromatic N) is 2. The van der Waals surface area contributed by atoms with Crippen LogP contribution in [0, 0.1) is 0 Å². The van der Waals surface area contributed by atoms with Crippen molar-refractivity contribution in [2.75, 3.05) is 5.32 Å². The van der Waals surface area contributed by atoms with Gasteiger partial charge in [0.25, 0.3) is 5.91 Å². The summed E-state index contributed by atoms with van der Waals surface area (Å²) in [6.45, 7) is 0.249. The first-order valence-corrected chi connectivity index (χ1v) is 10.2. The number of hydrogen-bond acceptors (Lipinski definition) is 6. The molecule has 0 bridgehead atoms. The smallest absolute Gasteiger partial charge is 0.269 e. The highest BCUT2D eigenvalue weighted by Gasteiger charge is 2.18. The first kappa shape index (κ1) is 20.8. The van der Waals surface area contributed by atoms with E-state index in [1.54, 1.807) is 24.3 Å². The molecule has 144 valence electrons. The van der Waals surface area contributed by atoms with E-state index in [0.29, 0.717) is 30.8 Å². The predicted molar refractivity (Wildman–Crippen MR) is 118 cm³/mol. The molecule has 4 rings (SSSR count). The molecule has 0 saturated heterocycles. The summed E-state index contributed by atoms with van der Waals surface area (Å²) in [7, 11) is 0. The van der Waals surface area contributed by atoms with Crippen LogP contribution in [0.1, 0.15) is 14.7 Å². The number of hydrogen-bond donors (Lipinski definition) is 1. The van der Waals surface area contributed by atoms with E-state index in [1.807, 2.05) is 24.3 Å². The van der Waals surface area contributed by atoms with Crippen LogP contribution in [-0.2, 0) is 6.61 Å². The Bertz CT molecular complexity index is 1110. The van der Waals surface area contributed by atoms with Gasteiger partial charge in [0.05, 0.1) is 5.02 Å². The van der Waals surface area contributed by atoms with Crippen LogP contribution in [0.2, 0.25) is 10.0 Å². The van der Waals surface area contributed by atoms with Crippen molar-refractivity contribution in [3.8, 4) is 5.75 Å². The minimum absolute atomic E-state index is 0. The van der Waals surface area contributed by atoms with Gasteiger partial charge >= 0.3 is 0 Å². The zero-order chi connectivity index (χ0) is 18.8. The minimum atomic E-state index is -0.303. The fraction of sp³-hybridized carbons (Fsp3) is 0.0556. The lowest BCUT2D eigenvalue weighted by Crippen LogP contribution is -2.10. The van der Waals surface area contributed by atoms with Crippen molar-refractivity contribution in [2.45, 2.75) is 6.61 Å². The zero-order valence-electron chi connectivity index (χ0n) is 14.0. The highest BCUT2D eigenvalue weighted by molar-refractivity contribution is 7.22. The number of amides is 1. The van der Waals surface area contributed by atoms with E-state index in [4.69, 9.17) is 27.9 Å². The second-order valence-corrected chi connectivity index (χ2v) is 8.37. The third-order valence-electron chi connectivity index (χ3n) is 3.60. The maximum atomic E-state index is 12.5. The van der Waals surface area contributed by atoms with Crippen LogP contribution in [0.25, 0.3) is 10.1 Å². The molecule has 1 N–H and O–H groups in total. The number of halogens is 3. The second-order valence-electron chi connectivity index (χ2n) is 5.44. The number of ether oxygens (including phenoxy) is 1. The van der Waals surface area contributed by atoms with Crippen molar-refractivity contribution in [3.63, 3.8) is 0 Å². The molecular weight excluding hydrogens is 461 g/mol. The predicted octanol–water partition coefficient (Wildman–Crippen LogP) is 6.31. The molecule has 2 aromatic heterocycles. The zero-order valence-corrected chi connectivity index (χ0v) is 18.0. The maximum absolute atomic E-state index is 12.5. The Morgan fingerprint density at radius 2 is 1.79 bits per heavy atom. The van der Waals surface area contributed by atoms with Gasteiger partial charge in [0, 0.05) is 15.1 Å². The molecule has 0 atom stereocenters. The third kappa shape index (κ3) is 4.56. The van der Waals surface area contributed by atoms with Gasteiger partial charge in [-0.1, -0.05) is 52.7 Å². The van der Waals surface area contributed by atoms with Crippen LogP contribution < -0.4 is 10.1 Å². The van der Waals surface area contributed by atoms with Crippen LogP contribution >= 0.6 is 58.3 Å². The van der Waals surface area contributed by atoms with E-state index in [0.717, 1.165) is 10.1 Å².